The summed E-state index contributed by atoms with van der Waals surface area (Å²) in [4.78, 5) is 23.5. The van der Waals surface area contributed by atoms with E-state index in [1.165, 1.54) is 13.8 Å². The lowest BCUT2D eigenvalue weighted by Crippen LogP contribution is -2.53. The van der Waals surface area contributed by atoms with Crippen LogP contribution in [-0.2, 0) is 39.4 Å². The lowest BCUT2D eigenvalue weighted by molar-refractivity contribution is -0.142. The average molecular weight is 593 g/mol. The second kappa shape index (κ2) is 12.3. The molecule has 0 bridgehead atoms. The van der Waals surface area contributed by atoms with Gasteiger partial charge in [-0.15, -0.1) is 0 Å². The minimum atomic E-state index is -3.57. The quantitative estimate of drug-likeness (QED) is 0.432. The van der Waals surface area contributed by atoms with Crippen molar-refractivity contribution in [3.8, 4) is 0 Å². The van der Waals surface area contributed by atoms with E-state index < -0.39 is 41.0 Å². The van der Waals surface area contributed by atoms with Crippen LogP contribution in [0.3, 0.4) is 0 Å². The van der Waals surface area contributed by atoms with Gasteiger partial charge in [-0.05, 0) is 57.8 Å². The van der Waals surface area contributed by atoms with Crippen molar-refractivity contribution in [3.63, 3.8) is 0 Å². The molecule has 1 aromatic heterocycles. The van der Waals surface area contributed by atoms with Crippen LogP contribution < -0.4 is 5.32 Å². The Morgan fingerprint density at radius 1 is 1.10 bits per heavy atom. The fourth-order valence-corrected chi connectivity index (χ4v) is 8.35. The number of ether oxygens (including phenoxy) is 1. The second-order valence-corrected chi connectivity index (χ2v) is 17.4. The van der Waals surface area contributed by atoms with E-state index in [9.17, 15) is 26.4 Å². The number of carboxylic acids is 1. The summed E-state index contributed by atoms with van der Waals surface area (Å²) in [5.41, 5.74) is 0.469. The Morgan fingerprint density at radius 2 is 1.67 bits per heavy atom. The van der Waals surface area contributed by atoms with Crippen LogP contribution in [0.4, 0.5) is 5.88 Å². The van der Waals surface area contributed by atoms with E-state index in [-0.39, 0.29) is 47.5 Å². The number of carboxylic acid groups (broad SMARTS) is 1. The molecule has 1 aromatic rings. The third-order valence-corrected chi connectivity index (χ3v) is 12.9. The Morgan fingerprint density at radius 3 is 2.08 bits per heavy atom. The zero-order valence-corrected chi connectivity index (χ0v) is 25.7. The van der Waals surface area contributed by atoms with Crippen molar-refractivity contribution >= 4 is 37.4 Å². The van der Waals surface area contributed by atoms with Crippen LogP contribution in [0.25, 0.3) is 0 Å². The molecule has 2 aliphatic rings. The number of aliphatic carboxylic acids is 1. The summed E-state index contributed by atoms with van der Waals surface area (Å²) in [5, 5.41) is 15.5. The lowest BCUT2D eigenvalue weighted by atomic mass is 9.84. The van der Waals surface area contributed by atoms with E-state index in [1.54, 1.807) is 19.9 Å². The van der Waals surface area contributed by atoms with Gasteiger partial charge in [0.1, 0.15) is 4.75 Å². The van der Waals surface area contributed by atoms with Gasteiger partial charge in [0.15, 0.2) is 24.4 Å². The Bertz CT molecular complexity index is 1220. The molecule has 11 nitrogen and oxygen atoms in total. The molecule has 39 heavy (non-hydrogen) atoms. The van der Waals surface area contributed by atoms with Gasteiger partial charge in [-0.2, -0.15) is 0 Å². The molecule has 224 valence electrons. The Labute approximate surface area is 232 Å². The number of hydrogen-bond donors (Lipinski definition) is 2. The summed E-state index contributed by atoms with van der Waals surface area (Å²) in [7, 11) is -7.11. The number of rotatable bonds is 9. The first-order valence-electron chi connectivity index (χ1n) is 13.3. The number of carbonyl (C=O) groups is 2. The van der Waals surface area contributed by atoms with Gasteiger partial charge in [0.2, 0.25) is 11.8 Å². The van der Waals surface area contributed by atoms with Crippen LogP contribution in [0.5, 0.6) is 0 Å². The summed E-state index contributed by atoms with van der Waals surface area (Å²) in [6.45, 7) is 13.5. The van der Waals surface area contributed by atoms with E-state index >= 15 is 0 Å². The van der Waals surface area contributed by atoms with Crippen molar-refractivity contribution in [2.75, 3.05) is 30.0 Å². The fraction of sp³-hybridized carbons (Fsp3) is 0.808. The van der Waals surface area contributed by atoms with Gasteiger partial charge >= 0.3 is 5.97 Å². The molecule has 1 aliphatic heterocycles. The van der Waals surface area contributed by atoms with Gasteiger partial charge in [-0.1, -0.05) is 39.8 Å². The first-order chi connectivity index (χ1) is 17.7. The molecule has 0 unspecified atom stereocenters. The van der Waals surface area contributed by atoms with Crippen molar-refractivity contribution in [1.82, 2.24) is 5.16 Å². The van der Waals surface area contributed by atoms with Crippen LogP contribution in [0.2, 0.25) is 0 Å². The van der Waals surface area contributed by atoms with Gasteiger partial charge in [0.25, 0.3) is 0 Å². The zero-order valence-electron chi connectivity index (χ0n) is 24.1. The number of carbonyl (C=O) groups excluding carboxylic acids is 1. The van der Waals surface area contributed by atoms with E-state index in [0.29, 0.717) is 25.3 Å². The zero-order chi connectivity index (χ0) is 29.9. The number of anilines is 1. The van der Waals surface area contributed by atoms with Gasteiger partial charge in [0, 0.05) is 24.7 Å². The number of hydrogen-bond acceptors (Lipinski definition) is 9. The van der Waals surface area contributed by atoms with E-state index in [4.69, 9.17) is 14.4 Å². The largest absolute Gasteiger partial charge is 0.480 e. The molecule has 1 amide bonds. The Balaban J connectivity index is 0.000000282. The van der Waals surface area contributed by atoms with E-state index in [0.717, 1.165) is 12.8 Å². The highest BCUT2D eigenvalue weighted by Crippen LogP contribution is 2.41. The predicted molar refractivity (Wildman–Crippen MR) is 148 cm³/mol. The standard InChI is InChI=1S/C15H26N2O4S.C11H18O5S/c1-10(2)9-22(19,20)15(6,7)13(18)16-12-8-11(17-21-12)14(3,4)5;12-10(13)11(4-1-5-11)17(14,15)8-9-2-6-16-7-3-9/h8,10H,9H2,1-7H3,(H,16,18);9H,1-8H2,(H,12,13). The monoisotopic (exact) mass is 592 g/mol. The molecule has 3 rings (SSSR count). The van der Waals surface area contributed by atoms with Crippen LogP contribution in [0, 0.1) is 11.8 Å². The van der Waals surface area contributed by atoms with Crippen molar-refractivity contribution in [2.24, 2.45) is 11.8 Å². The predicted octanol–water partition coefficient (Wildman–Crippen LogP) is 3.60. The molecule has 2 N–H and O–H groups in total. The van der Waals surface area contributed by atoms with Gasteiger partial charge in [-0.3, -0.25) is 14.9 Å². The summed E-state index contributed by atoms with van der Waals surface area (Å²) >= 11 is 0. The van der Waals surface area contributed by atoms with Gasteiger partial charge < -0.3 is 14.4 Å². The maximum Gasteiger partial charge on any atom is 0.325 e. The maximum atomic E-state index is 12.4. The number of amides is 1. The van der Waals surface area contributed by atoms with Gasteiger partial charge in [-0.25, -0.2) is 16.8 Å². The van der Waals surface area contributed by atoms with Crippen LogP contribution in [0.15, 0.2) is 10.6 Å². The van der Waals surface area contributed by atoms with Crippen molar-refractivity contribution in [3.05, 3.63) is 11.8 Å². The molecule has 1 saturated heterocycles. The average Bonchev–Trinajstić information content (AvgIpc) is 3.21. The molecular weight excluding hydrogens is 548 g/mol. The van der Waals surface area contributed by atoms with Crippen molar-refractivity contribution in [2.45, 2.75) is 95.5 Å². The summed E-state index contributed by atoms with van der Waals surface area (Å²) in [6, 6.07) is 1.61. The number of nitrogens with zero attached hydrogens (tertiary/aromatic N) is 1. The molecular formula is C26H44N2O9S2. The van der Waals surface area contributed by atoms with Crippen molar-refractivity contribution < 1.29 is 40.8 Å². The van der Waals surface area contributed by atoms with Crippen LogP contribution in [-0.4, -0.2) is 73.2 Å². The molecule has 2 heterocycles. The maximum absolute atomic E-state index is 12.4. The third kappa shape index (κ3) is 7.81. The summed E-state index contributed by atoms with van der Waals surface area (Å²) < 4.78 is 56.4. The Kier molecular flexibility index (Phi) is 10.4. The molecule has 0 spiro atoms. The van der Waals surface area contributed by atoms with Crippen LogP contribution in [0.1, 0.15) is 86.3 Å². The number of aromatic nitrogens is 1. The molecule has 1 aliphatic carbocycles. The normalized spacial score (nSPS) is 18.6. The molecule has 0 atom stereocenters. The highest BCUT2D eigenvalue weighted by Gasteiger charge is 2.55. The third-order valence-electron chi connectivity index (χ3n) is 7.33. The van der Waals surface area contributed by atoms with E-state index in [1.807, 2.05) is 20.8 Å². The topological polar surface area (TPSA) is 170 Å². The minimum Gasteiger partial charge on any atom is -0.480 e. The molecule has 2 fully saturated rings. The molecule has 0 radical (unpaired) electrons. The second-order valence-electron chi connectivity index (χ2n) is 12.5. The number of nitrogens with one attached hydrogen (secondary N) is 1. The molecule has 0 aromatic carbocycles. The highest BCUT2D eigenvalue weighted by molar-refractivity contribution is 7.93. The SMILES string of the molecule is CC(C)CS(=O)(=O)C(C)(C)C(=O)Nc1cc(C(C)(C)C)no1.O=C(O)C1(S(=O)(=O)CC2CCOCC2)CCC1. The smallest absolute Gasteiger partial charge is 0.325 e. The van der Waals surface area contributed by atoms with E-state index in [2.05, 4.69) is 10.5 Å². The summed E-state index contributed by atoms with van der Waals surface area (Å²) in [6.07, 6.45) is 2.67. The molecule has 13 heteroatoms. The Hall–Kier alpha value is -1.99. The first kappa shape index (κ1) is 33.2. The lowest BCUT2D eigenvalue weighted by Gasteiger charge is -2.38. The fourth-order valence-electron chi connectivity index (χ4n) is 4.28. The van der Waals surface area contributed by atoms with Crippen molar-refractivity contribution in [1.29, 1.82) is 0 Å². The minimum absolute atomic E-state index is 0.00264. The number of sulfone groups is 2. The summed E-state index contributed by atoms with van der Waals surface area (Å²) in [5.74, 6) is -1.66. The van der Waals surface area contributed by atoms with Crippen LogP contribution >= 0.6 is 0 Å². The first-order valence-corrected chi connectivity index (χ1v) is 16.6. The highest BCUT2D eigenvalue weighted by atomic mass is 32.2. The molecule has 1 saturated carbocycles. The van der Waals surface area contributed by atoms with Gasteiger partial charge in [0.05, 0.1) is 17.2 Å².